The molecule has 2 fully saturated rings. The SMILES string of the molecule is COC1CCN(c2cc(-n3ccc(-c4cccc(C)c4)n3)nc(OCC3CCCC3)n2)C1. The number of nitrogens with zero attached hydrogens (tertiary/aromatic N) is 5. The standard InChI is InChI=1S/C25H31N5O2/c1-18-6-5-9-20(14-18)22-11-13-30(28-22)24-15-23(29-12-10-21(16-29)31-2)26-25(27-24)32-17-19-7-3-4-8-19/h5-6,9,11,13-15,19,21H,3-4,7-8,10,12,16-17H2,1-2H3. The first-order chi connectivity index (χ1) is 15.7. The van der Waals surface area contributed by atoms with E-state index in [4.69, 9.17) is 24.5 Å². The number of methoxy groups -OCH3 is 1. The molecule has 3 aromatic rings. The third kappa shape index (κ3) is 4.63. The number of aromatic nitrogens is 4. The average Bonchev–Trinajstić information content (AvgIpc) is 3.59. The van der Waals surface area contributed by atoms with E-state index in [0.717, 1.165) is 42.4 Å². The van der Waals surface area contributed by atoms with Gasteiger partial charge >= 0.3 is 6.01 Å². The van der Waals surface area contributed by atoms with Gasteiger partial charge in [0.1, 0.15) is 5.82 Å². The molecule has 32 heavy (non-hydrogen) atoms. The molecule has 1 aromatic carbocycles. The Morgan fingerprint density at radius 2 is 1.88 bits per heavy atom. The van der Waals surface area contributed by atoms with Crippen LogP contribution < -0.4 is 9.64 Å². The Kier molecular flexibility index (Phi) is 6.08. The molecular formula is C25H31N5O2. The zero-order valence-electron chi connectivity index (χ0n) is 18.9. The zero-order chi connectivity index (χ0) is 21.9. The molecule has 1 atom stereocenters. The predicted octanol–water partition coefficient (Wildman–Crippen LogP) is 4.43. The summed E-state index contributed by atoms with van der Waals surface area (Å²) in [6.45, 7) is 4.50. The van der Waals surface area contributed by atoms with E-state index in [2.05, 4.69) is 36.1 Å². The average molecular weight is 434 g/mol. The lowest BCUT2D eigenvalue weighted by atomic mass is 10.1. The van der Waals surface area contributed by atoms with E-state index in [9.17, 15) is 0 Å². The molecule has 1 aliphatic heterocycles. The summed E-state index contributed by atoms with van der Waals surface area (Å²) in [6.07, 6.45) is 8.22. The number of rotatable bonds is 7. The molecule has 7 heteroatoms. The number of aryl methyl sites for hydroxylation is 1. The quantitative estimate of drug-likeness (QED) is 0.549. The van der Waals surface area contributed by atoms with Crippen molar-refractivity contribution in [3.8, 4) is 23.1 Å². The Balaban J connectivity index is 1.43. The molecule has 1 aliphatic carbocycles. The molecule has 0 bridgehead atoms. The molecule has 1 unspecified atom stereocenters. The third-order valence-electron chi connectivity index (χ3n) is 6.54. The van der Waals surface area contributed by atoms with Crippen molar-refractivity contribution in [3.63, 3.8) is 0 Å². The minimum atomic E-state index is 0.230. The maximum Gasteiger partial charge on any atom is 0.320 e. The normalized spacial score (nSPS) is 19.1. The van der Waals surface area contributed by atoms with Crippen LogP contribution in [0.3, 0.4) is 0 Å². The lowest BCUT2D eigenvalue weighted by Gasteiger charge is -2.19. The Morgan fingerprint density at radius 1 is 1.03 bits per heavy atom. The molecular weight excluding hydrogens is 402 g/mol. The molecule has 0 radical (unpaired) electrons. The van der Waals surface area contributed by atoms with Crippen LogP contribution in [0, 0.1) is 12.8 Å². The van der Waals surface area contributed by atoms with Crippen LogP contribution in [0.1, 0.15) is 37.7 Å². The van der Waals surface area contributed by atoms with E-state index < -0.39 is 0 Å². The fourth-order valence-corrected chi connectivity index (χ4v) is 4.65. The fourth-order valence-electron chi connectivity index (χ4n) is 4.65. The van der Waals surface area contributed by atoms with Crippen LogP contribution in [-0.4, -0.2) is 52.7 Å². The van der Waals surface area contributed by atoms with Gasteiger partial charge in [0.15, 0.2) is 5.82 Å². The summed E-state index contributed by atoms with van der Waals surface area (Å²) >= 11 is 0. The Morgan fingerprint density at radius 3 is 2.66 bits per heavy atom. The van der Waals surface area contributed by atoms with Gasteiger partial charge in [0.05, 0.1) is 18.4 Å². The summed E-state index contributed by atoms with van der Waals surface area (Å²) in [4.78, 5) is 11.7. The van der Waals surface area contributed by atoms with Crippen LogP contribution in [-0.2, 0) is 4.74 Å². The Labute approximate surface area is 189 Å². The molecule has 1 saturated heterocycles. The van der Waals surface area contributed by atoms with E-state index in [1.807, 2.05) is 23.0 Å². The third-order valence-corrected chi connectivity index (χ3v) is 6.54. The van der Waals surface area contributed by atoms with Crippen molar-refractivity contribution in [1.82, 2.24) is 19.7 Å². The lowest BCUT2D eigenvalue weighted by Crippen LogP contribution is -2.24. The highest BCUT2D eigenvalue weighted by Gasteiger charge is 2.25. The van der Waals surface area contributed by atoms with Crippen molar-refractivity contribution in [2.75, 3.05) is 31.7 Å². The minimum Gasteiger partial charge on any atom is -0.463 e. The van der Waals surface area contributed by atoms with Crippen molar-refractivity contribution in [2.45, 2.75) is 45.1 Å². The van der Waals surface area contributed by atoms with Gasteiger partial charge in [0.25, 0.3) is 0 Å². The lowest BCUT2D eigenvalue weighted by molar-refractivity contribution is 0.121. The maximum absolute atomic E-state index is 6.09. The first-order valence-electron chi connectivity index (χ1n) is 11.6. The Hall–Kier alpha value is -2.93. The fraction of sp³-hybridized carbons (Fsp3) is 0.480. The van der Waals surface area contributed by atoms with Gasteiger partial charge in [-0.2, -0.15) is 15.1 Å². The molecule has 0 N–H and O–H groups in total. The zero-order valence-corrected chi connectivity index (χ0v) is 18.9. The smallest absolute Gasteiger partial charge is 0.320 e. The molecule has 168 valence electrons. The van der Waals surface area contributed by atoms with E-state index in [1.54, 1.807) is 7.11 Å². The number of hydrogen-bond acceptors (Lipinski definition) is 6. The van der Waals surface area contributed by atoms with Crippen molar-refractivity contribution in [2.24, 2.45) is 5.92 Å². The van der Waals surface area contributed by atoms with Gasteiger partial charge in [-0.1, -0.05) is 36.6 Å². The van der Waals surface area contributed by atoms with Crippen LogP contribution in [0.4, 0.5) is 5.82 Å². The van der Waals surface area contributed by atoms with Crippen LogP contribution in [0.5, 0.6) is 6.01 Å². The first kappa shape index (κ1) is 20.9. The summed E-state index contributed by atoms with van der Waals surface area (Å²) in [5.74, 6) is 2.19. The molecule has 7 nitrogen and oxygen atoms in total. The largest absolute Gasteiger partial charge is 0.463 e. The van der Waals surface area contributed by atoms with E-state index in [-0.39, 0.29) is 6.10 Å². The van der Waals surface area contributed by atoms with E-state index in [1.165, 1.54) is 31.2 Å². The molecule has 2 aliphatic rings. The van der Waals surface area contributed by atoms with Crippen molar-refractivity contribution < 1.29 is 9.47 Å². The summed E-state index contributed by atoms with van der Waals surface area (Å²) in [5, 5.41) is 4.80. The highest BCUT2D eigenvalue weighted by atomic mass is 16.5. The van der Waals surface area contributed by atoms with Crippen molar-refractivity contribution >= 4 is 5.82 Å². The number of hydrogen-bond donors (Lipinski definition) is 0. The Bertz CT molecular complexity index is 1060. The molecule has 0 spiro atoms. The van der Waals surface area contributed by atoms with Gasteiger partial charge in [-0.05, 0) is 44.2 Å². The summed E-state index contributed by atoms with van der Waals surface area (Å²) in [5.41, 5.74) is 3.23. The van der Waals surface area contributed by atoms with Gasteiger partial charge in [0, 0.05) is 38.0 Å². The number of ether oxygens (including phenoxy) is 2. The second-order valence-electron chi connectivity index (χ2n) is 8.94. The minimum absolute atomic E-state index is 0.230. The topological polar surface area (TPSA) is 65.3 Å². The van der Waals surface area contributed by atoms with Crippen LogP contribution in [0.15, 0.2) is 42.6 Å². The summed E-state index contributed by atoms with van der Waals surface area (Å²) in [7, 11) is 1.77. The van der Waals surface area contributed by atoms with E-state index in [0.29, 0.717) is 18.5 Å². The van der Waals surface area contributed by atoms with Gasteiger partial charge < -0.3 is 14.4 Å². The van der Waals surface area contributed by atoms with Gasteiger partial charge in [-0.25, -0.2) is 4.68 Å². The van der Waals surface area contributed by atoms with Crippen LogP contribution in [0.2, 0.25) is 0 Å². The highest BCUT2D eigenvalue weighted by molar-refractivity contribution is 5.60. The number of benzene rings is 1. The van der Waals surface area contributed by atoms with Gasteiger partial charge in [-0.3, -0.25) is 0 Å². The van der Waals surface area contributed by atoms with Gasteiger partial charge in [0.2, 0.25) is 0 Å². The van der Waals surface area contributed by atoms with Crippen molar-refractivity contribution in [3.05, 3.63) is 48.2 Å². The predicted molar refractivity (Wildman–Crippen MR) is 124 cm³/mol. The second-order valence-corrected chi connectivity index (χ2v) is 8.94. The summed E-state index contributed by atoms with van der Waals surface area (Å²) < 4.78 is 13.5. The van der Waals surface area contributed by atoms with Crippen LogP contribution in [0.25, 0.3) is 17.1 Å². The summed E-state index contributed by atoms with van der Waals surface area (Å²) in [6, 6.07) is 12.8. The molecule has 3 heterocycles. The highest BCUT2D eigenvalue weighted by Crippen LogP contribution is 2.27. The van der Waals surface area contributed by atoms with Gasteiger partial charge in [-0.15, -0.1) is 0 Å². The van der Waals surface area contributed by atoms with Crippen molar-refractivity contribution in [1.29, 1.82) is 0 Å². The number of anilines is 1. The monoisotopic (exact) mass is 433 g/mol. The molecule has 0 amide bonds. The maximum atomic E-state index is 6.09. The molecule has 1 saturated carbocycles. The second kappa shape index (κ2) is 9.28. The van der Waals surface area contributed by atoms with Crippen LogP contribution >= 0.6 is 0 Å². The first-order valence-corrected chi connectivity index (χ1v) is 11.6. The molecule has 2 aromatic heterocycles. The molecule has 5 rings (SSSR count). The van der Waals surface area contributed by atoms with E-state index >= 15 is 0 Å².